The van der Waals surface area contributed by atoms with Gasteiger partial charge in [0, 0.05) is 28.6 Å². The second kappa shape index (κ2) is 6.50. The van der Waals surface area contributed by atoms with Crippen molar-refractivity contribution in [2.45, 2.75) is 31.8 Å². The van der Waals surface area contributed by atoms with Gasteiger partial charge in [0.25, 0.3) is 0 Å². The molecule has 134 valence electrons. The maximum absolute atomic E-state index is 11.7. The first-order chi connectivity index (χ1) is 12.6. The van der Waals surface area contributed by atoms with E-state index in [2.05, 4.69) is 23.3 Å². The Balaban J connectivity index is 1.90. The van der Waals surface area contributed by atoms with Crippen molar-refractivity contribution in [3.8, 4) is 5.75 Å². The van der Waals surface area contributed by atoms with Gasteiger partial charge in [-0.15, -0.1) is 0 Å². The number of aryl methyl sites for hydroxylation is 1. The number of carboxylic acid groups (broad SMARTS) is 1. The molecule has 0 saturated heterocycles. The normalized spacial score (nSPS) is 19.3. The predicted molar refractivity (Wildman–Crippen MR) is 101 cm³/mol. The van der Waals surface area contributed by atoms with Crippen molar-refractivity contribution < 1.29 is 14.6 Å². The third kappa shape index (κ3) is 2.65. The lowest BCUT2D eigenvalue weighted by Gasteiger charge is -2.30. The maximum atomic E-state index is 11.7. The average molecular weight is 350 g/mol. The molecule has 0 aliphatic carbocycles. The molecule has 2 heterocycles. The first-order valence-corrected chi connectivity index (χ1v) is 8.87. The lowest BCUT2D eigenvalue weighted by molar-refractivity contribution is -0.139. The summed E-state index contributed by atoms with van der Waals surface area (Å²) in [4.78, 5) is 15.2. The number of rotatable bonds is 4. The molecule has 0 bridgehead atoms. The molecule has 0 amide bonds. The number of methoxy groups -OCH3 is 1. The van der Waals surface area contributed by atoms with Crippen LogP contribution >= 0.6 is 0 Å². The molecule has 5 nitrogen and oxygen atoms in total. The maximum Gasteiger partial charge on any atom is 0.321 e. The number of nitrogens with one attached hydrogen (secondary N) is 2. The number of carbonyl (C=O) groups is 1. The Morgan fingerprint density at radius 1 is 1.27 bits per heavy atom. The summed E-state index contributed by atoms with van der Waals surface area (Å²) in [5.41, 5.74) is 5.25. The Morgan fingerprint density at radius 3 is 2.81 bits per heavy atom. The molecule has 2 aromatic carbocycles. The minimum atomic E-state index is -0.838. The fourth-order valence-electron chi connectivity index (χ4n) is 3.85. The van der Waals surface area contributed by atoms with Gasteiger partial charge in [0.05, 0.1) is 13.2 Å². The standard InChI is InChI=1S/C21H22N2O3/c1-3-12-8-9-14(18(10-12)26-2)19-20-15(11-17(23-19)21(24)25)13-6-4-5-7-16(13)22-20/h4-10,17,19,22-23H,3,11H2,1-2H3,(H,24,25). The van der Waals surface area contributed by atoms with Gasteiger partial charge < -0.3 is 14.8 Å². The van der Waals surface area contributed by atoms with Crippen molar-refractivity contribution >= 4 is 16.9 Å². The molecule has 0 saturated carbocycles. The summed E-state index contributed by atoms with van der Waals surface area (Å²) >= 11 is 0. The first-order valence-electron chi connectivity index (χ1n) is 8.87. The highest BCUT2D eigenvalue weighted by molar-refractivity contribution is 5.87. The van der Waals surface area contributed by atoms with Crippen LogP contribution in [0.4, 0.5) is 0 Å². The lowest BCUT2D eigenvalue weighted by Crippen LogP contribution is -2.45. The summed E-state index contributed by atoms with van der Waals surface area (Å²) < 4.78 is 5.62. The van der Waals surface area contributed by atoms with E-state index in [1.165, 1.54) is 5.56 Å². The number of carboxylic acids is 1. The molecule has 26 heavy (non-hydrogen) atoms. The van der Waals surface area contributed by atoms with Gasteiger partial charge in [0.1, 0.15) is 11.8 Å². The van der Waals surface area contributed by atoms with Crippen molar-refractivity contribution in [2.75, 3.05) is 7.11 Å². The van der Waals surface area contributed by atoms with Gasteiger partial charge in [-0.3, -0.25) is 10.1 Å². The molecule has 2 atom stereocenters. The van der Waals surface area contributed by atoms with Gasteiger partial charge in [0.2, 0.25) is 0 Å². The summed E-state index contributed by atoms with van der Waals surface area (Å²) in [5, 5.41) is 14.0. The number of aliphatic carboxylic acids is 1. The second-order valence-electron chi connectivity index (χ2n) is 6.69. The quantitative estimate of drug-likeness (QED) is 0.674. The third-order valence-corrected chi connectivity index (χ3v) is 5.23. The minimum Gasteiger partial charge on any atom is -0.496 e. The molecule has 0 spiro atoms. The number of hydrogen-bond acceptors (Lipinski definition) is 3. The Bertz CT molecular complexity index is 977. The van der Waals surface area contributed by atoms with E-state index in [0.29, 0.717) is 6.42 Å². The van der Waals surface area contributed by atoms with Crippen LogP contribution in [0.5, 0.6) is 5.75 Å². The highest BCUT2D eigenvalue weighted by atomic mass is 16.5. The number of ether oxygens (including phenoxy) is 1. The Labute approximate surface area is 152 Å². The van der Waals surface area contributed by atoms with Gasteiger partial charge in [-0.2, -0.15) is 0 Å². The van der Waals surface area contributed by atoms with Crippen LogP contribution in [-0.2, 0) is 17.6 Å². The molecule has 4 rings (SSSR count). The highest BCUT2D eigenvalue weighted by Gasteiger charge is 2.35. The van der Waals surface area contributed by atoms with Crippen LogP contribution in [0.15, 0.2) is 42.5 Å². The van der Waals surface area contributed by atoms with E-state index in [1.54, 1.807) is 7.11 Å². The van der Waals surface area contributed by atoms with Crippen molar-refractivity contribution in [2.24, 2.45) is 0 Å². The smallest absolute Gasteiger partial charge is 0.321 e. The number of fused-ring (bicyclic) bond motifs is 3. The molecular weight excluding hydrogens is 328 g/mol. The summed E-state index contributed by atoms with van der Waals surface area (Å²) in [6.45, 7) is 2.10. The molecule has 3 aromatic rings. The zero-order valence-corrected chi connectivity index (χ0v) is 14.9. The van der Waals surface area contributed by atoms with E-state index in [1.807, 2.05) is 36.4 Å². The Hall–Kier alpha value is -2.79. The van der Waals surface area contributed by atoms with Crippen molar-refractivity contribution in [3.63, 3.8) is 0 Å². The molecule has 1 aliphatic heterocycles. The molecule has 5 heteroatoms. The van der Waals surface area contributed by atoms with Crippen LogP contribution in [0.25, 0.3) is 10.9 Å². The molecule has 1 aromatic heterocycles. The molecule has 1 aliphatic rings. The molecule has 0 fully saturated rings. The van der Waals surface area contributed by atoms with Gasteiger partial charge in [-0.25, -0.2) is 0 Å². The number of para-hydroxylation sites is 1. The summed E-state index contributed by atoms with van der Waals surface area (Å²) in [6.07, 6.45) is 1.38. The fourth-order valence-corrected chi connectivity index (χ4v) is 3.85. The van der Waals surface area contributed by atoms with Crippen LogP contribution in [0.1, 0.15) is 35.3 Å². The SMILES string of the molecule is CCc1ccc(C2NC(C(=O)O)Cc3c2[nH]c2ccccc32)c(OC)c1. The summed E-state index contributed by atoms with van der Waals surface area (Å²) in [6, 6.07) is 13.3. The Kier molecular flexibility index (Phi) is 4.17. The van der Waals surface area contributed by atoms with E-state index in [9.17, 15) is 9.90 Å². The van der Waals surface area contributed by atoms with Crippen molar-refractivity contribution in [1.29, 1.82) is 0 Å². The van der Waals surface area contributed by atoms with E-state index < -0.39 is 12.0 Å². The predicted octanol–water partition coefficient (Wildman–Crippen LogP) is 3.43. The van der Waals surface area contributed by atoms with Crippen molar-refractivity contribution in [3.05, 3.63) is 64.8 Å². The largest absolute Gasteiger partial charge is 0.496 e. The number of aromatic amines is 1. The van der Waals surface area contributed by atoms with Crippen LogP contribution in [0.3, 0.4) is 0 Å². The average Bonchev–Trinajstić information content (AvgIpc) is 3.05. The van der Waals surface area contributed by atoms with Crippen LogP contribution in [-0.4, -0.2) is 29.2 Å². The lowest BCUT2D eigenvalue weighted by atomic mass is 9.89. The van der Waals surface area contributed by atoms with Gasteiger partial charge in [0.15, 0.2) is 0 Å². The van der Waals surface area contributed by atoms with Crippen LogP contribution in [0.2, 0.25) is 0 Å². The van der Waals surface area contributed by atoms with E-state index in [4.69, 9.17) is 4.74 Å². The van der Waals surface area contributed by atoms with Gasteiger partial charge in [-0.1, -0.05) is 37.3 Å². The molecule has 3 N–H and O–H groups in total. The van der Waals surface area contributed by atoms with Crippen LogP contribution < -0.4 is 10.1 Å². The summed E-state index contributed by atoms with van der Waals surface area (Å²) in [5.74, 6) is -0.0624. The highest BCUT2D eigenvalue weighted by Crippen LogP contribution is 2.38. The fraction of sp³-hybridized carbons (Fsp3) is 0.286. The summed E-state index contributed by atoms with van der Waals surface area (Å²) in [7, 11) is 1.65. The molecule has 2 unspecified atom stereocenters. The topological polar surface area (TPSA) is 74.4 Å². The van der Waals surface area contributed by atoms with Crippen LogP contribution in [0, 0.1) is 0 Å². The first kappa shape index (κ1) is 16.7. The zero-order valence-electron chi connectivity index (χ0n) is 14.9. The molecule has 0 radical (unpaired) electrons. The number of benzene rings is 2. The molecular formula is C21H22N2O3. The monoisotopic (exact) mass is 350 g/mol. The minimum absolute atomic E-state index is 0.256. The second-order valence-corrected chi connectivity index (χ2v) is 6.69. The van der Waals surface area contributed by atoms with E-state index in [0.717, 1.165) is 39.9 Å². The van der Waals surface area contributed by atoms with Gasteiger partial charge in [-0.05, 0) is 29.7 Å². The van der Waals surface area contributed by atoms with E-state index in [-0.39, 0.29) is 6.04 Å². The van der Waals surface area contributed by atoms with E-state index >= 15 is 0 Å². The Morgan fingerprint density at radius 2 is 2.08 bits per heavy atom. The number of hydrogen-bond donors (Lipinski definition) is 3. The van der Waals surface area contributed by atoms with Crippen molar-refractivity contribution in [1.82, 2.24) is 10.3 Å². The zero-order chi connectivity index (χ0) is 18.3. The number of H-pyrrole nitrogens is 1. The van der Waals surface area contributed by atoms with Gasteiger partial charge >= 0.3 is 5.97 Å². The third-order valence-electron chi connectivity index (χ3n) is 5.23. The number of aromatic nitrogens is 1.